The minimum atomic E-state index is -3.53. The highest BCUT2D eigenvalue weighted by Gasteiger charge is 2.28. The molecule has 0 saturated carbocycles. The second-order valence-electron chi connectivity index (χ2n) is 4.80. The van der Waals surface area contributed by atoms with Crippen molar-refractivity contribution in [2.24, 2.45) is 0 Å². The van der Waals surface area contributed by atoms with Gasteiger partial charge in [0.1, 0.15) is 4.21 Å². The van der Waals surface area contributed by atoms with Crippen molar-refractivity contribution in [3.8, 4) is 0 Å². The zero-order chi connectivity index (χ0) is 15.0. The lowest BCUT2D eigenvalue weighted by atomic mass is 9.96. The first-order valence-electron chi connectivity index (χ1n) is 5.76. The van der Waals surface area contributed by atoms with E-state index in [1.807, 2.05) is 38.1 Å². The zero-order valence-corrected chi connectivity index (χ0v) is 15.7. The summed E-state index contributed by atoms with van der Waals surface area (Å²) in [7, 11) is -3.53. The van der Waals surface area contributed by atoms with Gasteiger partial charge in [-0.1, -0.05) is 28.1 Å². The molecule has 2 aromatic rings. The van der Waals surface area contributed by atoms with Crippen molar-refractivity contribution in [3.05, 3.63) is 50.2 Å². The Morgan fingerprint density at radius 1 is 1.05 bits per heavy atom. The Morgan fingerprint density at radius 2 is 1.65 bits per heavy atom. The normalized spacial score (nSPS) is 12.6. The summed E-state index contributed by atoms with van der Waals surface area (Å²) in [5, 5.41) is 0. The van der Waals surface area contributed by atoms with E-state index in [1.165, 1.54) is 11.3 Å². The van der Waals surface area contributed by atoms with Gasteiger partial charge < -0.3 is 0 Å². The minimum absolute atomic E-state index is 0.301. The third-order valence-electron chi connectivity index (χ3n) is 2.77. The first kappa shape index (κ1) is 16.2. The van der Waals surface area contributed by atoms with E-state index >= 15 is 0 Å². The molecule has 0 unspecified atom stereocenters. The fourth-order valence-corrected chi connectivity index (χ4v) is 5.43. The average molecular weight is 439 g/mol. The van der Waals surface area contributed by atoms with Gasteiger partial charge in [-0.2, -0.15) is 0 Å². The van der Waals surface area contributed by atoms with E-state index in [0.717, 1.165) is 13.8 Å². The van der Waals surface area contributed by atoms with Crippen molar-refractivity contribution < 1.29 is 8.42 Å². The number of sulfonamides is 1. The summed E-state index contributed by atoms with van der Waals surface area (Å²) < 4.78 is 29.5. The summed E-state index contributed by atoms with van der Waals surface area (Å²) in [4.78, 5) is 0. The molecule has 2 rings (SSSR count). The van der Waals surface area contributed by atoms with E-state index in [-0.39, 0.29) is 0 Å². The van der Waals surface area contributed by atoms with Crippen LogP contribution in [0, 0.1) is 0 Å². The molecule has 0 aliphatic carbocycles. The smallest absolute Gasteiger partial charge is 0.206 e. The fourth-order valence-electron chi connectivity index (χ4n) is 1.75. The molecule has 1 aromatic carbocycles. The molecule has 0 aliphatic rings. The lowest BCUT2D eigenvalue weighted by molar-refractivity contribution is 0.473. The highest BCUT2D eigenvalue weighted by molar-refractivity contribution is 9.11. The molecule has 7 heteroatoms. The van der Waals surface area contributed by atoms with Gasteiger partial charge in [0.05, 0.1) is 9.33 Å². The van der Waals surface area contributed by atoms with Gasteiger partial charge in [-0.25, -0.2) is 13.1 Å². The van der Waals surface area contributed by atoms with Crippen molar-refractivity contribution in [2.45, 2.75) is 23.6 Å². The van der Waals surface area contributed by atoms with Crippen molar-refractivity contribution in [1.82, 2.24) is 4.72 Å². The number of rotatable bonds is 4. The molecule has 0 bridgehead atoms. The number of benzene rings is 1. The van der Waals surface area contributed by atoms with Crippen LogP contribution in [0.2, 0.25) is 0 Å². The lowest BCUT2D eigenvalue weighted by Crippen LogP contribution is -2.40. The van der Waals surface area contributed by atoms with Gasteiger partial charge in [-0.3, -0.25) is 0 Å². The highest BCUT2D eigenvalue weighted by Crippen LogP contribution is 2.29. The topological polar surface area (TPSA) is 46.2 Å². The molecule has 108 valence electrons. The maximum absolute atomic E-state index is 12.4. The van der Waals surface area contributed by atoms with Gasteiger partial charge in [-0.05, 0) is 59.6 Å². The van der Waals surface area contributed by atoms with Crippen LogP contribution in [-0.4, -0.2) is 8.42 Å². The Labute approximate surface area is 139 Å². The second kappa shape index (κ2) is 5.88. The number of halogens is 2. The zero-order valence-electron chi connectivity index (χ0n) is 10.9. The van der Waals surface area contributed by atoms with E-state index in [0.29, 0.717) is 4.21 Å². The van der Waals surface area contributed by atoms with Gasteiger partial charge in [0.25, 0.3) is 10.0 Å². The SMILES string of the molecule is CC(C)(NS(=O)(=O)c1ccc(Br)s1)c1ccc(Br)cc1. The summed E-state index contributed by atoms with van der Waals surface area (Å²) in [6.07, 6.45) is 0. The van der Waals surface area contributed by atoms with Crippen LogP contribution in [0.3, 0.4) is 0 Å². The van der Waals surface area contributed by atoms with Crippen molar-refractivity contribution in [2.75, 3.05) is 0 Å². The average Bonchev–Trinajstić information content (AvgIpc) is 2.76. The molecule has 0 saturated heterocycles. The van der Waals surface area contributed by atoms with Crippen LogP contribution in [0.4, 0.5) is 0 Å². The Hall–Kier alpha value is -0.210. The predicted octanol–water partition coefficient (Wildman–Crippen LogP) is 4.49. The van der Waals surface area contributed by atoms with Gasteiger partial charge in [0, 0.05) is 4.47 Å². The van der Waals surface area contributed by atoms with Crippen LogP contribution in [0.15, 0.2) is 48.9 Å². The minimum Gasteiger partial charge on any atom is -0.206 e. The van der Waals surface area contributed by atoms with Crippen molar-refractivity contribution in [3.63, 3.8) is 0 Å². The summed E-state index contributed by atoms with van der Waals surface area (Å²) in [5.41, 5.74) is 0.218. The monoisotopic (exact) mass is 437 g/mol. The van der Waals surface area contributed by atoms with Gasteiger partial charge in [-0.15, -0.1) is 11.3 Å². The molecular weight excluding hydrogens is 426 g/mol. The van der Waals surface area contributed by atoms with Gasteiger partial charge in [0.2, 0.25) is 0 Å². The summed E-state index contributed by atoms with van der Waals surface area (Å²) in [6.45, 7) is 3.69. The predicted molar refractivity (Wildman–Crippen MR) is 89.5 cm³/mol. The van der Waals surface area contributed by atoms with E-state index < -0.39 is 15.6 Å². The molecule has 0 spiro atoms. The highest BCUT2D eigenvalue weighted by atomic mass is 79.9. The number of hydrogen-bond acceptors (Lipinski definition) is 3. The quantitative estimate of drug-likeness (QED) is 0.764. The van der Waals surface area contributed by atoms with E-state index in [4.69, 9.17) is 0 Å². The Morgan fingerprint density at radius 3 is 2.15 bits per heavy atom. The van der Waals surface area contributed by atoms with Gasteiger partial charge in [0.15, 0.2) is 0 Å². The summed E-state index contributed by atoms with van der Waals surface area (Å²) in [6, 6.07) is 10.9. The van der Waals surface area contributed by atoms with Crippen LogP contribution in [0.1, 0.15) is 19.4 Å². The number of thiophene rings is 1. The molecule has 20 heavy (non-hydrogen) atoms. The fraction of sp³-hybridized carbons (Fsp3) is 0.231. The molecule has 0 aliphatic heterocycles. The van der Waals surface area contributed by atoms with Crippen molar-refractivity contribution >= 4 is 53.2 Å². The summed E-state index contributed by atoms with van der Waals surface area (Å²) in [5.74, 6) is 0. The maximum atomic E-state index is 12.4. The Balaban J connectivity index is 2.30. The van der Waals surface area contributed by atoms with Crippen LogP contribution in [0.25, 0.3) is 0 Å². The van der Waals surface area contributed by atoms with E-state index in [9.17, 15) is 8.42 Å². The standard InChI is InChI=1S/C13H13Br2NO2S2/c1-13(2,9-3-5-10(14)6-4-9)16-20(17,18)12-8-7-11(15)19-12/h3-8,16H,1-2H3. The van der Waals surface area contributed by atoms with Crippen LogP contribution in [0.5, 0.6) is 0 Å². The van der Waals surface area contributed by atoms with Crippen molar-refractivity contribution in [1.29, 1.82) is 0 Å². The number of hydrogen-bond donors (Lipinski definition) is 1. The van der Waals surface area contributed by atoms with E-state index in [1.54, 1.807) is 12.1 Å². The van der Waals surface area contributed by atoms with E-state index in [2.05, 4.69) is 36.6 Å². The summed E-state index contributed by atoms with van der Waals surface area (Å²) >= 11 is 7.84. The molecule has 1 N–H and O–H groups in total. The lowest BCUT2D eigenvalue weighted by Gasteiger charge is -2.26. The molecule has 1 aromatic heterocycles. The third kappa shape index (κ3) is 3.71. The van der Waals surface area contributed by atoms with Crippen LogP contribution in [-0.2, 0) is 15.6 Å². The van der Waals surface area contributed by atoms with Crippen LogP contribution < -0.4 is 4.72 Å². The first-order valence-corrected chi connectivity index (χ1v) is 9.65. The Kier molecular flexibility index (Phi) is 4.76. The second-order valence-corrected chi connectivity index (χ2v) is 10.1. The number of nitrogens with one attached hydrogen (secondary N) is 1. The molecule has 0 radical (unpaired) electrons. The molecular formula is C13H13Br2NO2S2. The molecule has 0 fully saturated rings. The largest absolute Gasteiger partial charge is 0.250 e. The third-order valence-corrected chi connectivity index (χ3v) is 7.07. The Bertz CT molecular complexity index is 706. The molecule has 0 amide bonds. The van der Waals surface area contributed by atoms with Gasteiger partial charge >= 0.3 is 0 Å². The molecule has 3 nitrogen and oxygen atoms in total. The molecule has 0 atom stereocenters. The van der Waals surface area contributed by atoms with Crippen LogP contribution >= 0.6 is 43.2 Å². The molecule has 1 heterocycles. The maximum Gasteiger partial charge on any atom is 0.250 e. The first-order chi connectivity index (χ1) is 9.21.